The van der Waals surface area contributed by atoms with Crippen molar-refractivity contribution >= 4 is 40.2 Å². The smallest absolute Gasteiger partial charge is 0.405 e. The van der Waals surface area contributed by atoms with Crippen molar-refractivity contribution in [3.8, 4) is 0 Å². The van der Waals surface area contributed by atoms with Crippen molar-refractivity contribution in [1.29, 1.82) is 0 Å². The number of benzene rings is 2. The van der Waals surface area contributed by atoms with Crippen LogP contribution >= 0.6 is 11.8 Å². The second-order valence-electron chi connectivity index (χ2n) is 6.14. The Hall–Kier alpha value is -2.94. The highest BCUT2D eigenvalue weighted by Gasteiger charge is 2.28. The highest BCUT2D eigenvalue weighted by Crippen LogP contribution is 2.29. The summed E-state index contributed by atoms with van der Waals surface area (Å²) >= 11 is 1.52. The van der Waals surface area contributed by atoms with Gasteiger partial charge in [0.25, 0.3) is 11.8 Å². The number of thioether (sulfide) groups is 1. The first-order valence-corrected chi connectivity index (χ1v) is 9.94. The summed E-state index contributed by atoms with van der Waals surface area (Å²) in [4.78, 5) is 25.0. The van der Waals surface area contributed by atoms with Crippen molar-refractivity contribution in [1.82, 2.24) is 5.32 Å². The van der Waals surface area contributed by atoms with E-state index in [2.05, 4.69) is 5.32 Å². The maximum atomic E-state index is 12.8. The van der Waals surface area contributed by atoms with E-state index >= 15 is 0 Å². The van der Waals surface area contributed by atoms with Crippen molar-refractivity contribution in [2.75, 3.05) is 18.1 Å². The summed E-state index contributed by atoms with van der Waals surface area (Å²) in [5.74, 6) is -0.882. The number of furan rings is 1. The lowest BCUT2D eigenvalue weighted by molar-refractivity contribution is -0.123. The van der Waals surface area contributed by atoms with Crippen LogP contribution in [0.4, 0.5) is 18.9 Å². The number of nitrogens with one attached hydrogen (secondary N) is 2. The number of hydrogen-bond acceptors (Lipinski definition) is 4. The van der Waals surface area contributed by atoms with Crippen LogP contribution in [0.3, 0.4) is 0 Å². The second-order valence-corrected chi connectivity index (χ2v) is 7.00. The summed E-state index contributed by atoms with van der Waals surface area (Å²) in [6.45, 7) is -1.46. The third-order valence-electron chi connectivity index (χ3n) is 4.06. The Morgan fingerprint density at radius 1 is 1.03 bits per heavy atom. The quantitative estimate of drug-likeness (QED) is 0.596. The minimum Gasteiger partial charge on any atom is -0.451 e. The van der Waals surface area contributed by atoms with Gasteiger partial charge in [0.2, 0.25) is 0 Å². The summed E-state index contributed by atoms with van der Waals surface area (Å²) < 4.78 is 42.9. The number of amides is 2. The van der Waals surface area contributed by atoms with Gasteiger partial charge in [0, 0.05) is 16.7 Å². The molecule has 0 fully saturated rings. The highest BCUT2D eigenvalue weighted by molar-refractivity contribution is 7.97. The van der Waals surface area contributed by atoms with E-state index in [1.54, 1.807) is 23.5 Å². The molecule has 0 radical (unpaired) electrons. The molecule has 0 atom stereocenters. The number of anilines is 1. The first kappa shape index (κ1) is 20.8. The normalized spacial score (nSPS) is 11.4. The Morgan fingerprint density at radius 3 is 2.45 bits per heavy atom. The van der Waals surface area contributed by atoms with Crippen LogP contribution in [0.1, 0.15) is 26.5 Å². The highest BCUT2D eigenvalue weighted by atomic mass is 32.2. The number of carbonyl (C=O) groups excluding carboxylic acids is 2. The van der Waals surface area contributed by atoms with Crippen LogP contribution in [-0.2, 0) is 5.75 Å². The molecule has 0 saturated carbocycles. The molecule has 0 saturated heterocycles. The molecule has 0 aliphatic rings. The molecule has 2 aromatic carbocycles. The molecule has 2 N–H and O–H groups in total. The average molecular weight is 422 g/mol. The predicted molar refractivity (Wildman–Crippen MR) is 106 cm³/mol. The van der Waals surface area contributed by atoms with Crippen LogP contribution in [0, 0.1) is 0 Å². The first-order chi connectivity index (χ1) is 13.8. The Labute approximate surface area is 168 Å². The Bertz CT molecular complexity index is 1050. The third kappa shape index (κ3) is 4.92. The van der Waals surface area contributed by atoms with Gasteiger partial charge < -0.3 is 15.1 Å². The van der Waals surface area contributed by atoms with Gasteiger partial charge in [-0.25, -0.2) is 0 Å². The van der Waals surface area contributed by atoms with Crippen molar-refractivity contribution in [2.45, 2.75) is 11.9 Å². The van der Waals surface area contributed by atoms with E-state index in [1.807, 2.05) is 18.4 Å². The van der Waals surface area contributed by atoms with Crippen LogP contribution in [0.2, 0.25) is 0 Å². The lowest BCUT2D eigenvalue weighted by Gasteiger charge is -2.12. The molecule has 0 unspecified atom stereocenters. The van der Waals surface area contributed by atoms with Crippen LogP contribution in [-0.4, -0.2) is 30.8 Å². The number of para-hydroxylation sites is 2. The van der Waals surface area contributed by atoms with Gasteiger partial charge in [-0.15, -0.1) is 0 Å². The average Bonchev–Trinajstić information content (AvgIpc) is 3.05. The molecule has 3 rings (SSSR count). The molecule has 1 heterocycles. The van der Waals surface area contributed by atoms with Gasteiger partial charge in [0.1, 0.15) is 12.1 Å². The van der Waals surface area contributed by atoms with Crippen LogP contribution in [0.15, 0.2) is 52.9 Å². The van der Waals surface area contributed by atoms with E-state index < -0.39 is 24.5 Å². The number of halogens is 3. The lowest BCUT2D eigenvalue weighted by Crippen LogP contribution is -2.34. The van der Waals surface area contributed by atoms with Crippen molar-refractivity contribution < 1.29 is 27.2 Å². The molecule has 3 aromatic rings. The zero-order valence-electron chi connectivity index (χ0n) is 15.3. The van der Waals surface area contributed by atoms with E-state index in [4.69, 9.17) is 4.42 Å². The van der Waals surface area contributed by atoms with Crippen LogP contribution in [0.25, 0.3) is 11.0 Å². The van der Waals surface area contributed by atoms with E-state index in [-0.39, 0.29) is 17.0 Å². The lowest BCUT2D eigenvalue weighted by atomic mass is 10.1. The van der Waals surface area contributed by atoms with Gasteiger partial charge in [-0.2, -0.15) is 24.9 Å². The summed E-state index contributed by atoms with van der Waals surface area (Å²) in [7, 11) is 0. The molecule has 5 nitrogen and oxygen atoms in total. The molecule has 2 amide bonds. The van der Waals surface area contributed by atoms with Gasteiger partial charge in [0.15, 0.2) is 5.76 Å². The number of carbonyl (C=O) groups is 2. The summed E-state index contributed by atoms with van der Waals surface area (Å²) in [6.07, 6.45) is -2.64. The minimum absolute atomic E-state index is 0.0763. The Balaban J connectivity index is 1.88. The molecule has 1 aromatic heterocycles. The third-order valence-corrected chi connectivity index (χ3v) is 4.64. The van der Waals surface area contributed by atoms with Crippen molar-refractivity contribution in [2.24, 2.45) is 0 Å². The van der Waals surface area contributed by atoms with Gasteiger partial charge >= 0.3 is 6.18 Å². The largest absolute Gasteiger partial charge is 0.451 e. The SMILES string of the molecule is CSCc1c(C(=O)Nc2ccccc2C(=O)NCC(F)(F)F)oc2ccccc12. The van der Waals surface area contributed by atoms with Gasteiger partial charge in [0.05, 0.1) is 11.3 Å². The zero-order valence-corrected chi connectivity index (χ0v) is 16.1. The maximum absolute atomic E-state index is 12.8. The fourth-order valence-electron chi connectivity index (χ4n) is 2.81. The minimum atomic E-state index is -4.53. The van der Waals surface area contributed by atoms with E-state index in [0.29, 0.717) is 16.9 Å². The molecule has 29 heavy (non-hydrogen) atoms. The van der Waals surface area contributed by atoms with Crippen LogP contribution in [0.5, 0.6) is 0 Å². The maximum Gasteiger partial charge on any atom is 0.405 e. The molecule has 152 valence electrons. The molecule has 0 bridgehead atoms. The first-order valence-electron chi connectivity index (χ1n) is 8.55. The number of hydrogen-bond donors (Lipinski definition) is 2. The summed E-state index contributed by atoms with van der Waals surface area (Å²) in [6, 6.07) is 13.1. The summed E-state index contributed by atoms with van der Waals surface area (Å²) in [5.41, 5.74) is 1.28. The van der Waals surface area contributed by atoms with Gasteiger partial charge in [-0.3, -0.25) is 9.59 Å². The second kappa shape index (κ2) is 8.60. The van der Waals surface area contributed by atoms with Crippen molar-refractivity contribution in [3.63, 3.8) is 0 Å². The molecule has 9 heteroatoms. The van der Waals surface area contributed by atoms with E-state index in [0.717, 1.165) is 5.39 Å². The number of rotatable bonds is 6. The molecule has 0 spiro atoms. The monoisotopic (exact) mass is 422 g/mol. The zero-order chi connectivity index (χ0) is 21.0. The fourth-order valence-corrected chi connectivity index (χ4v) is 3.39. The van der Waals surface area contributed by atoms with Gasteiger partial charge in [-0.05, 0) is 24.5 Å². The molecular formula is C20H17F3N2O3S. The number of fused-ring (bicyclic) bond motifs is 1. The van der Waals surface area contributed by atoms with Crippen molar-refractivity contribution in [3.05, 3.63) is 65.4 Å². The molecule has 0 aliphatic carbocycles. The fraction of sp³-hybridized carbons (Fsp3) is 0.200. The Morgan fingerprint density at radius 2 is 1.72 bits per heavy atom. The summed E-state index contributed by atoms with van der Waals surface area (Å²) in [5, 5.41) is 5.19. The van der Waals surface area contributed by atoms with E-state index in [9.17, 15) is 22.8 Å². The standard InChI is InChI=1S/C20H17F3N2O3S/c1-29-10-14-12-6-3-5-9-16(12)28-17(14)19(27)25-15-8-4-2-7-13(15)18(26)24-11-20(21,22)23/h2-9H,10-11H2,1H3,(H,24,26)(H,25,27). The predicted octanol–water partition coefficient (Wildman–Crippen LogP) is 4.84. The molecular weight excluding hydrogens is 405 g/mol. The Kier molecular flexibility index (Phi) is 6.17. The number of alkyl halides is 3. The molecule has 0 aliphatic heterocycles. The van der Waals surface area contributed by atoms with E-state index in [1.165, 1.54) is 30.0 Å². The van der Waals surface area contributed by atoms with Crippen LogP contribution < -0.4 is 10.6 Å². The topological polar surface area (TPSA) is 71.3 Å². The van der Waals surface area contributed by atoms with Gasteiger partial charge in [-0.1, -0.05) is 30.3 Å².